The average Bonchev–Trinajstić information content (AvgIpc) is 3.43. The van der Waals surface area contributed by atoms with Gasteiger partial charge in [0.2, 0.25) is 0 Å². The van der Waals surface area contributed by atoms with Gasteiger partial charge in [-0.05, 0) is 64.2 Å². The predicted octanol–water partition coefficient (Wildman–Crippen LogP) is 23.1. The lowest BCUT2D eigenvalue weighted by molar-refractivity contribution is -0.167. The van der Waals surface area contributed by atoms with Crippen LogP contribution in [0.5, 0.6) is 0 Å². The Bertz CT molecular complexity index is 1380. The normalized spacial score (nSPS) is 12.4. The Labute approximate surface area is 479 Å². The van der Waals surface area contributed by atoms with E-state index in [0.717, 1.165) is 109 Å². The molecule has 0 spiro atoms. The molecule has 0 amide bonds. The molecule has 1 unspecified atom stereocenters. The number of carbonyl (C=O) groups is 3. The minimum absolute atomic E-state index is 0.0754. The molecule has 0 N–H and O–H groups in total. The van der Waals surface area contributed by atoms with Gasteiger partial charge in [0, 0.05) is 19.3 Å². The molecule has 0 bridgehead atoms. The van der Waals surface area contributed by atoms with Crippen molar-refractivity contribution in [3.05, 3.63) is 60.8 Å². The molecule has 0 heterocycles. The zero-order chi connectivity index (χ0) is 55.7. The summed E-state index contributed by atoms with van der Waals surface area (Å²) < 4.78 is 17.0. The molecule has 0 saturated heterocycles. The van der Waals surface area contributed by atoms with Crippen LogP contribution in [0.4, 0.5) is 0 Å². The van der Waals surface area contributed by atoms with Crippen molar-refractivity contribution in [2.75, 3.05) is 13.2 Å². The molecule has 448 valence electrons. The Morgan fingerprint density at radius 1 is 0.273 bits per heavy atom. The fourth-order valence-corrected chi connectivity index (χ4v) is 10.0. The first-order chi connectivity index (χ1) is 38.0. The zero-order valence-electron chi connectivity index (χ0n) is 51.5. The first-order valence-electron chi connectivity index (χ1n) is 33.8. The van der Waals surface area contributed by atoms with E-state index in [4.69, 9.17) is 14.2 Å². The molecule has 1 atom stereocenters. The summed E-state index contributed by atoms with van der Waals surface area (Å²) in [6, 6.07) is 0. The quantitative estimate of drug-likeness (QED) is 0.0261. The van der Waals surface area contributed by atoms with Gasteiger partial charge in [0.15, 0.2) is 6.10 Å². The standard InChI is InChI=1S/C71H128O6/c1-4-7-10-13-16-19-22-25-28-31-33-35-37-40-43-46-49-52-55-58-61-64-70(73)76-67-68(66-75-69(72)63-60-57-54-51-48-45-42-39-30-27-24-21-18-15-12-9-6-3)77-71(74)65-62-59-56-53-50-47-44-41-38-36-34-32-29-26-23-20-17-14-11-8-5-2/h7,10,16,19,25,28,33,35,40,43,68H,4-6,8-9,11-15,17-18,20-24,26-27,29-32,34,36-39,41-42,44-67H2,1-3H3/b10-7-,19-16-,28-25-,35-33-,43-40-. The van der Waals surface area contributed by atoms with Crippen molar-refractivity contribution < 1.29 is 28.6 Å². The van der Waals surface area contributed by atoms with E-state index in [1.165, 1.54) is 205 Å². The average molecular weight is 1080 g/mol. The third kappa shape index (κ3) is 63.8. The molecule has 0 aliphatic rings. The summed E-state index contributed by atoms with van der Waals surface area (Å²) in [6.45, 7) is 6.58. The minimum atomic E-state index is -0.781. The summed E-state index contributed by atoms with van der Waals surface area (Å²) in [5.74, 6) is -0.870. The van der Waals surface area contributed by atoms with Crippen LogP contribution in [0.2, 0.25) is 0 Å². The Hall–Kier alpha value is -2.89. The summed E-state index contributed by atoms with van der Waals surface area (Å²) in [6.07, 6.45) is 83.7. The maximum absolute atomic E-state index is 12.9. The maximum atomic E-state index is 12.9. The topological polar surface area (TPSA) is 78.9 Å². The molecular weight excluding hydrogens is 949 g/mol. The summed E-state index contributed by atoms with van der Waals surface area (Å²) in [4.78, 5) is 38.4. The van der Waals surface area contributed by atoms with Gasteiger partial charge in [-0.25, -0.2) is 0 Å². The molecule has 0 fully saturated rings. The van der Waals surface area contributed by atoms with Crippen molar-refractivity contribution in [1.82, 2.24) is 0 Å². The molecule has 0 aromatic carbocycles. The van der Waals surface area contributed by atoms with Crippen LogP contribution in [0, 0.1) is 0 Å². The fraction of sp³-hybridized carbons (Fsp3) is 0.817. The van der Waals surface area contributed by atoms with Gasteiger partial charge in [-0.15, -0.1) is 0 Å². The number of allylic oxidation sites excluding steroid dienone is 10. The van der Waals surface area contributed by atoms with Crippen LogP contribution in [0.25, 0.3) is 0 Å². The molecule has 0 rings (SSSR count). The Kier molecular flexibility index (Phi) is 63.2. The number of ether oxygens (including phenoxy) is 3. The van der Waals surface area contributed by atoms with Crippen LogP contribution in [0.15, 0.2) is 60.8 Å². The van der Waals surface area contributed by atoms with Gasteiger partial charge in [-0.3, -0.25) is 14.4 Å². The third-order valence-corrected chi connectivity index (χ3v) is 15.0. The highest BCUT2D eigenvalue weighted by molar-refractivity contribution is 5.71. The van der Waals surface area contributed by atoms with Crippen LogP contribution in [0.1, 0.15) is 355 Å². The summed E-state index contributed by atoms with van der Waals surface area (Å²) in [7, 11) is 0. The van der Waals surface area contributed by atoms with E-state index in [-0.39, 0.29) is 31.1 Å². The molecule has 6 nitrogen and oxygen atoms in total. The second kappa shape index (κ2) is 65.6. The summed E-state index contributed by atoms with van der Waals surface area (Å²) in [5, 5.41) is 0. The van der Waals surface area contributed by atoms with Gasteiger partial charge in [0.05, 0.1) is 0 Å². The predicted molar refractivity (Wildman–Crippen MR) is 335 cm³/mol. The van der Waals surface area contributed by atoms with Crippen molar-refractivity contribution in [3.63, 3.8) is 0 Å². The van der Waals surface area contributed by atoms with Gasteiger partial charge in [0.1, 0.15) is 13.2 Å². The van der Waals surface area contributed by atoms with Crippen LogP contribution in [0.3, 0.4) is 0 Å². The van der Waals surface area contributed by atoms with Crippen molar-refractivity contribution in [2.24, 2.45) is 0 Å². The van der Waals surface area contributed by atoms with Crippen LogP contribution < -0.4 is 0 Å². The van der Waals surface area contributed by atoms with E-state index in [2.05, 4.69) is 81.5 Å². The smallest absolute Gasteiger partial charge is 0.306 e. The molecule has 77 heavy (non-hydrogen) atoms. The van der Waals surface area contributed by atoms with Gasteiger partial charge in [-0.2, -0.15) is 0 Å². The van der Waals surface area contributed by atoms with E-state index in [9.17, 15) is 14.4 Å². The van der Waals surface area contributed by atoms with E-state index >= 15 is 0 Å². The van der Waals surface area contributed by atoms with Crippen LogP contribution >= 0.6 is 0 Å². The second-order valence-corrected chi connectivity index (χ2v) is 22.7. The number of hydrogen-bond acceptors (Lipinski definition) is 6. The van der Waals surface area contributed by atoms with E-state index in [0.29, 0.717) is 19.3 Å². The van der Waals surface area contributed by atoms with Crippen LogP contribution in [-0.4, -0.2) is 37.2 Å². The second-order valence-electron chi connectivity index (χ2n) is 22.7. The van der Waals surface area contributed by atoms with Crippen LogP contribution in [-0.2, 0) is 28.6 Å². The Morgan fingerprint density at radius 2 is 0.506 bits per heavy atom. The zero-order valence-corrected chi connectivity index (χ0v) is 51.5. The summed E-state index contributed by atoms with van der Waals surface area (Å²) in [5.41, 5.74) is 0. The fourth-order valence-electron chi connectivity index (χ4n) is 10.0. The van der Waals surface area contributed by atoms with Gasteiger partial charge in [0.25, 0.3) is 0 Å². The van der Waals surface area contributed by atoms with Crippen molar-refractivity contribution in [3.8, 4) is 0 Å². The number of carbonyl (C=O) groups excluding carboxylic acids is 3. The Morgan fingerprint density at radius 3 is 0.792 bits per heavy atom. The highest BCUT2D eigenvalue weighted by atomic mass is 16.6. The van der Waals surface area contributed by atoms with Crippen molar-refractivity contribution >= 4 is 17.9 Å². The summed E-state index contributed by atoms with van der Waals surface area (Å²) >= 11 is 0. The van der Waals surface area contributed by atoms with E-state index in [1.54, 1.807) is 0 Å². The molecular formula is C71H128O6. The van der Waals surface area contributed by atoms with Gasteiger partial charge in [-0.1, -0.05) is 332 Å². The van der Waals surface area contributed by atoms with Gasteiger partial charge < -0.3 is 14.2 Å². The minimum Gasteiger partial charge on any atom is -0.462 e. The number of unbranched alkanes of at least 4 members (excludes halogenated alkanes) is 41. The number of esters is 3. The highest BCUT2D eigenvalue weighted by Gasteiger charge is 2.19. The Balaban J connectivity index is 4.36. The lowest BCUT2D eigenvalue weighted by Gasteiger charge is -2.18. The van der Waals surface area contributed by atoms with Crippen molar-refractivity contribution in [1.29, 1.82) is 0 Å². The molecule has 0 aromatic heterocycles. The van der Waals surface area contributed by atoms with E-state index in [1.807, 2.05) is 0 Å². The maximum Gasteiger partial charge on any atom is 0.306 e. The molecule has 0 aliphatic heterocycles. The molecule has 0 aromatic rings. The molecule has 6 heteroatoms. The van der Waals surface area contributed by atoms with Gasteiger partial charge >= 0.3 is 17.9 Å². The number of hydrogen-bond donors (Lipinski definition) is 0. The molecule has 0 saturated carbocycles. The first kappa shape index (κ1) is 74.1. The monoisotopic (exact) mass is 1080 g/mol. The lowest BCUT2D eigenvalue weighted by Crippen LogP contribution is -2.30. The SMILES string of the molecule is CC/C=C\C/C=C\C/C=C\C/C=C\C/C=C\CCCCCCCC(=O)OCC(COC(=O)CCCCCCCCCCCCCCCCCCC)OC(=O)CCCCCCCCCCCCCCCCCCCCCCC. The molecule has 0 radical (unpaired) electrons. The third-order valence-electron chi connectivity index (χ3n) is 15.0. The van der Waals surface area contributed by atoms with E-state index < -0.39 is 6.10 Å². The largest absolute Gasteiger partial charge is 0.462 e. The lowest BCUT2D eigenvalue weighted by atomic mass is 10.0. The molecule has 0 aliphatic carbocycles. The highest BCUT2D eigenvalue weighted by Crippen LogP contribution is 2.18. The first-order valence-corrected chi connectivity index (χ1v) is 33.8. The van der Waals surface area contributed by atoms with Crippen molar-refractivity contribution in [2.45, 2.75) is 361 Å². The number of rotatable bonds is 62.